The van der Waals surface area contributed by atoms with E-state index in [0.29, 0.717) is 28.5 Å². The third kappa shape index (κ3) is 4.54. The Balaban J connectivity index is 1.59. The van der Waals surface area contributed by atoms with Crippen molar-refractivity contribution in [1.29, 1.82) is 0 Å². The molecule has 154 valence electrons. The third-order valence-corrected chi connectivity index (χ3v) is 6.09. The van der Waals surface area contributed by atoms with Crippen LogP contribution in [0.2, 0.25) is 0 Å². The second-order valence-electron chi connectivity index (χ2n) is 7.33. The molecule has 2 amide bonds. The maximum Gasteiger partial charge on any atom is 0.269 e. The standard InChI is InChI=1S/C24H24N2O3S/c1-3-29-20-14-21(16-7-5-4-6-8-16)30-22(20)24(28)26-19-13-17(10-9-15(19)2)23(27)25-18-11-12-18/h4-10,13-14,18H,3,11-12H2,1-2H3,(H,25,27)(H,26,28). The minimum Gasteiger partial charge on any atom is -0.492 e. The number of hydrogen-bond donors (Lipinski definition) is 2. The van der Waals surface area contributed by atoms with Crippen LogP contribution in [-0.2, 0) is 0 Å². The summed E-state index contributed by atoms with van der Waals surface area (Å²) in [5, 5.41) is 5.95. The SMILES string of the molecule is CCOc1cc(-c2ccccc2)sc1C(=O)Nc1cc(C(=O)NC2CC2)ccc1C. The summed E-state index contributed by atoms with van der Waals surface area (Å²) in [4.78, 5) is 27.0. The first kappa shape index (κ1) is 20.2. The molecule has 0 bridgehead atoms. The van der Waals surface area contributed by atoms with E-state index in [-0.39, 0.29) is 17.9 Å². The lowest BCUT2D eigenvalue weighted by Gasteiger charge is -2.11. The molecule has 0 unspecified atom stereocenters. The van der Waals surface area contributed by atoms with Crippen LogP contribution in [0, 0.1) is 6.92 Å². The van der Waals surface area contributed by atoms with E-state index in [1.165, 1.54) is 11.3 Å². The van der Waals surface area contributed by atoms with Gasteiger partial charge in [0.05, 0.1) is 6.61 Å². The van der Waals surface area contributed by atoms with E-state index >= 15 is 0 Å². The van der Waals surface area contributed by atoms with E-state index < -0.39 is 0 Å². The summed E-state index contributed by atoms with van der Waals surface area (Å²) in [5.74, 6) is 0.220. The summed E-state index contributed by atoms with van der Waals surface area (Å²) >= 11 is 1.40. The summed E-state index contributed by atoms with van der Waals surface area (Å²) in [7, 11) is 0. The maximum atomic E-state index is 13.1. The van der Waals surface area contributed by atoms with Crippen LogP contribution in [-0.4, -0.2) is 24.5 Å². The molecular formula is C24H24N2O3S. The van der Waals surface area contributed by atoms with Gasteiger partial charge in [-0.25, -0.2) is 0 Å². The van der Waals surface area contributed by atoms with Gasteiger partial charge in [0, 0.05) is 22.2 Å². The van der Waals surface area contributed by atoms with Crippen LogP contribution in [0.4, 0.5) is 5.69 Å². The highest BCUT2D eigenvalue weighted by Gasteiger charge is 2.24. The molecule has 0 aliphatic heterocycles. The number of nitrogens with one attached hydrogen (secondary N) is 2. The van der Waals surface area contributed by atoms with Gasteiger partial charge in [-0.2, -0.15) is 0 Å². The maximum absolute atomic E-state index is 13.1. The second kappa shape index (κ2) is 8.71. The topological polar surface area (TPSA) is 67.4 Å². The number of rotatable bonds is 7. The first-order valence-electron chi connectivity index (χ1n) is 10.1. The molecule has 0 spiro atoms. The van der Waals surface area contributed by atoms with Gasteiger partial charge in [-0.05, 0) is 56.0 Å². The summed E-state index contributed by atoms with van der Waals surface area (Å²) in [6.07, 6.45) is 2.06. The number of carbonyl (C=O) groups is 2. The zero-order valence-electron chi connectivity index (χ0n) is 17.0. The third-order valence-electron chi connectivity index (χ3n) is 4.92. The number of aryl methyl sites for hydroxylation is 1. The van der Waals surface area contributed by atoms with Gasteiger partial charge in [0.25, 0.3) is 11.8 Å². The Hall–Kier alpha value is -3.12. The summed E-state index contributed by atoms with van der Waals surface area (Å²) in [5.41, 5.74) is 3.10. The number of hydrogen-bond acceptors (Lipinski definition) is 4. The van der Waals surface area contributed by atoms with Crippen LogP contribution in [0.25, 0.3) is 10.4 Å². The van der Waals surface area contributed by atoms with Gasteiger partial charge in [-0.3, -0.25) is 9.59 Å². The summed E-state index contributed by atoms with van der Waals surface area (Å²) in [6, 6.07) is 17.5. The molecule has 1 aliphatic carbocycles. The van der Waals surface area contributed by atoms with E-state index in [9.17, 15) is 9.59 Å². The number of carbonyl (C=O) groups excluding carboxylic acids is 2. The molecule has 1 aromatic heterocycles. The molecule has 1 aliphatic rings. The van der Waals surface area contributed by atoms with Gasteiger partial charge in [0.2, 0.25) is 0 Å². The van der Waals surface area contributed by atoms with Crippen LogP contribution >= 0.6 is 11.3 Å². The average molecular weight is 421 g/mol. The smallest absolute Gasteiger partial charge is 0.269 e. The van der Waals surface area contributed by atoms with Gasteiger partial charge in [-0.15, -0.1) is 11.3 Å². The van der Waals surface area contributed by atoms with Gasteiger partial charge in [0.1, 0.15) is 10.6 Å². The summed E-state index contributed by atoms with van der Waals surface area (Å²) < 4.78 is 5.73. The van der Waals surface area contributed by atoms with Crippen molar-refractivity contribution in [3.8, 4) is 16.2 Å². The van der Waals surface area contributed by atoms with Crippen LogP contribution < -0.4 is 15.4 Å². The minimum atomic E-state index is -0.242. The first-order chi connectivity index (χ1) is 14.5. The fourth-order valence-corrected chi connectivity index (χ4v) is 4.12. The second-order valence-corrected chi connectivity index (χ2v) is 8.39. The van der Waals surface area contributed by atoms with Crippen molar-refractivity contribution in [1.82, 2.24) is 5.32 Å². The molecule has 0 atom stereocenters. The Kier molecular flexibility index (Phi) is 5.86. The molecule has 0 radical (unpaired) electrons. The molecule has 2 aromatic carbocycles. The normalized spacial score (nSPS) is 13.0. The lowest BCUT2D eigenvalue weighted by atomic mass is 10.1. The highest BCUT2D eigenvalue weighted by atomic mass is 32.1. The van der Waals surface area contributed by atoms with Crippen molar-refractivity contribution in [3.63, 3.8) is 0 Å². The number of amides is 2. The van der Waals surface area contributed by atoms with Crippen molar-refractivity contribution in [2.75, 3.05) is 11.9 Å². The van der Waals surface area contributed by atoms with Gasteiger partial charge in [-0.1, -0.05) is 36.4 Å². The molecular weight excluding hydrogens is 396 g/mol. The van der Waals surface area contributed by atoms with Gasteiger partial charge < -0.3 is 15.4 Å². The van der Waals surface area contributed by atoms with Crippen LogP contribution in [0.15, 0.2) is 54.6 Å². The Morgan fingerprint density at radius 1 is 1.07 bits per heavy atom. The van der Waals surface area contributed by atoms with Gasteiger partial charge >= 0.3 is 0 Å². The lowest BCUT2D eigenvalue weighted by Crippen LogP contribution is -2.25. The molecule has 4 rings (SSSR count). The molecule has 2 N–H and O–H groups in total. The molecule has 3 aromatic rings. The monoisotopic (exact) mass is 420 g/mol. The van der Waals surface area contributed by atoms with Crippen molar-refractivity contribution in [2.24, 2.45) is 0 Å². The van der Waals surface area contributed by atoms with Crippen LogP contribution in [0.5, 0.6) is 5.75 Å². The Bertz CT molecular complexity index is 1070. The Labute approximate surface area is 180 Å². The molecule has 6 heteroatoms. The van der Waals surface area contributed by atoms with Crippen molar-refractivity contribution in [3.05, 3.63) is 70.6 Å². The molecule has 30 heavy (non-hydrogen) atoms. The summed E-state index contributed by atoms with van der Waals surface area (Å²) in [6.45, 7) is 4.28. The highest BCUT2D eigenvalue weighted by molar-refractivity contribution is 7.17. The van der Waals surface area contributed by atoms with Crippen LogP contribution in [0.3, 0.4) is 0 Å². The quantitative estimate of drug-likeness (QED) is 0.547. The molecule has 0 saturated heterocycles. The number of ether oxygens (including phenoxy) is 1. The van der Waals surface area contributed by atoms with E-state index in [0.717, 1.165) is 28.8 Å². The van der Waals surface area contributed by atoms with Crippen molar-refractivity contribution < 1.29 is 14.3 Å². The zero-order valence-corrected chi connectivity index (χ0v) is 17.8. The largest absolute Gasteiger partial charge is 0.492 e. The Morgan fingerprint density at radius 3 is 2.53 bits per heavy atom. The van der Waals surface area contributed by atoms with Crippen LogP contribution in [0.1, 0.15) is 45.4 Å². The predicted molar refractivity (Wildman–Crippen MR) is 121 cm³/mol. The predicted octanol–water partition coefficient (Wildman–Crippen LogP) is 5.27. The van der Waals surface area contributed by atoms with Gasteiger partial charge in [0.15, 0.2) is 0 Å². The number of benzene rings is 2. The highest BCUT2D eigenvalue weighted by Crippen LogP contribution is 2.37. The molecule has 5 nitrogen and oxygen atoms in total. The first-order valence-corrected chi connectivity index (χ1v) is 10.9. The van der Waals surface area contributed by atoms with E-state index in [1.54, 1.807) is 12.1 Å². The molecule has 1 fully saturated rings. The molecule has 1 saturated carbocycles. The molecule has 1 heterocycles. The average Bonchev–Trinajstić information content (AvgIpc) is 3.46. The lowest BCUT2D eigenvalue weighted by molar-refractivity contribution is 0.0949. The zero-order chi connectivity index (χ0) is 21.1. The number of thiophene rings is 1. The minimum absolute atomic E-state index is 0.106. The number of anilines is 1. The van der Waals surface area contributed by atoms with Crippen molar-refractivity contribution >= 4 is 28.8 Å². The fourth-order valence-electron chi connectivity index (χ4n) is 3.11. The van der Waals surface area contributed by atoms with E-state index in [2.05, 4.69) is 10.6 Å². The van der Waals surface area contributed by atoms with Crippen molar-refractivity contribution in [2.45, 2.75) is 32.7 Å². The Morgan fingerprint density at radius 2 is 1.83 bits per heavy atom. The van der Waals surface area contributed by atoms with E-state index in [4.69, 9.17) is 4.74 Å². The van der Waals surface area contributed by atoms with E-state index in [1.807, 2.05) is 56.3 Å². The fraction of sp³-hybridized carbons (Fsp3) is 0.250.